The van der Waals surface area contributed by atoms with Gasteiger partial charge in [-0.25, -0.2) is 4.79 Å². The molecule has 0 unspecified atom stereocenters. The van der Waals surface area contributed by atoms with Gasteiger partial charge < -0.3 is 25.0 Å². The van der Waals surface area contributed by atoms with Crippen molar-refractivity contribution in [3.63, 3.8) is 0 Å². The Morgan fingerprint density at radius 3 is 2.85 bits per heavy atom. The van der Waals surface area contributed by atoms with Crippen molar-refractivity contribution < 1.29 is 24.4 Å². The maximum absolute atomic E-state index is 12.2. The monoisotopic (exact) mass is 375 g/mol. The summed E-state index contributed by atoms with van der Waals surface area (Å²) in [7, 11) is -1.69. The van der Waals surface area contributed by atoms with E-state index in [1.165, 1.54) is 4.90 Å². The second-order valence-electron chi connectivity index (χ2n) is 6.99. The summed E-state index contributed by atoms with van der Waals surface area (Å²) < 4.78 is 5.41. The molecule has 0 radical (unpaired) electrons. The number of amides is 2. The van der Waals surface area contributed by atoms with Gasteiger partial charge >= 0.3 is 13.2 Å². The van der Waals surface area contributed by atoms with Crippen LogP contribution in [0.4, 0.5) is 4.79 Å². The van der Waals surface area contributed by atoms with Crippen molar-refractivity contribution in [2.45, 2.75) is 57.0 Å². The Kier molecular flexibility index (Phi) is 7.89. The molecule has 0 aromatic rings. The molecule has 2 atom stereocenters. The van der Waals surface area contributed by atoms with Gasteiger partial charge in [-0.3, -0.25) is 4.79 Å². The summed E-state index contributed by atoms with van der Waals surface area (Å²) >= 11 is 0. The third-order valence-electron chi connectivity index (χ3n) is 4.86. The number of allylic oxidation sites excluding steroid dienone is 1. The molecule has 0 spiro atoms. The lowest BCUT2D eigenvalue weighted by molar-refractivity contribution is -0.127. The van der Waals surface area contributed by atoms with Crippen molar-refractivity contribution in [2.75, 3.05) is 13.1 Å². The van der Waals surface area contributed by atoms with Crippen LogP contribution in [0.2, 0.25) is 0 Å². The minimum Gasteiger partial charge on any atom is -0.444 e. The second-order valence-corrected chi connectivity index (χ2v) is 6.99. The number of nitriles is 1. The van der Waals surface area contributed by atoms with E-state index in [2.05, 4.69) is 18.0 Å². The lowest BCUT2D eigenvalue weighted by Gasteiger charge is -2.25. The number of nitrogens with one attached hydrogen (secondary N) is 1. The molecule has 9 heteroatoms. The predicted molar refractivity (Wildman–Crippen MR) is 99.1 cm³/mol. The van der Waals surface area contributed by atoms with E-state index >= 15 is 0 Å². The van der Waals surface area contributed by atoms with Crippen molar-refractivity contribution >= 4 is 19.1 Å². The largest absolute Gasteiger partial charge is 0.475 e. The van der Waals surface area contributed by atoms with Gasteiger partial charge in [0.2, 0.25) is 0 Å². The van der Waals surface area contributed by atoms with E-state index in [1.54, 1.807) is 6.07 Å². The molecule has 2 amide bonds. The summed E-state index contributed by atoms with van der Waals surface area (Å²) in [6.07, 6.45) is 6.16. The third-order valence-corrected chi connectivity index (χ3v) is 4.86. The van der Waals surface area contributed by atoms with Gasteiger partial charge in [0.1, 0.15) is 17.7 Å². The number of carbonyl (C=O) groups is 2. The molecule has 1 heterocycles. The SMILES string of the molecule is C=C(C#N)C(=O)N1CCCC[C@@H](OC(=O)N[C@@H](CC2=CCCC2)B(O)O)C1. The van der Waals surface area contributed by atoms with Crippen molar-refractivity contribution in [1.82, 2.24) is 10.2 Å². The molecule has 0 aromatic carbocycles. The molecule has 1 aliphatic carbocycles. The number of hydrogen-bond acceptors (Lipinski definition) is 6. The van der Waals surface area contributed by atoms with Crippen molar-refractivity contribution in [1.29, 1.82) is 5.26 Å². The van der Waals surface area contributed by atoms with Crippen LogP contribution in [-0.2, 0) is 9.53 Å². The zero-order valence-electron chi connectivity index (χ0n) is 15.4. The van der Waals surface area contributed by atoms with Crippen LogP contribution in [0.5, 0.6) is 0 Å². The Hall–Kier alpha value is -2.31. The standard InChI is InChI=1S/C18H26BN3O5/c1-13(11-20)17(23)22-9-5-4-8-15(12-22)27-18(24)21-16(19(25)26)10-14-6-2-3-7-14/h6,15-16,25-26H,1-5,7-10,12H2,(H,21,24)/t15-,16+/m1/s1. The summed E-state index contributed by atoms with van der Waals surface area (Å²) in [4.78, 5) is 25.8. The fourth-order valence-corrected chi connectivity index (χ4v) is 3.40. The molecule has 0 saturated carbocycles. The zero-order valence-corrected chi connectivity index (χ0v) is 15.4. The molecular formula is C18H26BN3O5. The molecule has 27 heavy (non-hydrogen) atoms. The van der Waals surface area contributed by atoms with E-state index in [1.807, 2.05) is 0 Å². The number of alkyl carbamates (subject to hydrolysis) is 1. The van der Waals surface area contributed by atoms with Gasteiger partial charge in [-0.1, -0.05) is 18.2 Å². The van der Waals surface area contributed by atoms with Gasteiger partial charge in [-0.2, -0.15) is 5.26 Å². The molecule has 0 bridgehead atoms. The Balaban J connectivity index is 1.91. The van der Waals surface area contributed by atoms with Crippen LogP contribution in [0.15, 0.2) is 23.8 Å². The highest BCUT2D eigenvalue weighted by molar-refractivity contribution is 6.43. The van der Waals surface area contributed by atoms with Crippen molar-refractivity contribution in [3.8, 4) is 6.07 Å². The van der Waals surface area contributed by atoms with Crippen LogP contribution >= 0.6 is 0 Å². The van der Waals surface area contributed by atoms with Gasteiger partial charge in [0.25, 0.3) is 5.91 Å². The Morgan fingerprint density at radius 1 is 1.44 bits per heavy atom. The fourth-order valence-electron chi connectivity index (χ4n) is 3.40. The summed E-state index contributed by atoms with van der Waals surface area (Å²) in [6, 6.07) is 1.74. The van der Waals surface area contributed by atoms with Crippen LogP contribution in [-0.4, -0.2) is 59.2 Å². The summed E-state index contributed by atoms with van der Waals surface area (Å²) in [6.45, 7) is 4.10. The number of rotatable bonds is 6. The maximum atomic E-state index is 12.2. The Morgan fingerprint density at radius 2 is 2.22 bits per heavy atom. The quantitative estimate of drug-likeness (QED) is 0.276. The first kappa shape index (κ1) is 21.0. The molecule has 1 fully saturated rings. The van der Waals surface area contributed by atoms with Gasteiger partial charge in [-0.05, 0) is 44.9 Å². The normalized spacial score (nSPS) is 20.7. The third kappa shape index (κ3) is 6.42. The topological polar surface area (TPSA) is 123 Å². The van der Waals surface area contributed by atoms with E-state index in [4.69, 9.17) is 10.00 Å². The smallest absolute Gasteiger partial charge is 0.444 e. The molecule has 3 N–H and O–H groups in total. The van der Waals surface area contributed by atoms with Crippen LogP contribution in [0, 0.1) is 11.3 Å². The molecular weight excluding hydrogens is 349 g/mol. The fraction of sp³-hybridized carbons (Fsp3) is 0.611. The first-order valence-corrected chi connectivity index (χ1v) is 9.30. The molecule has 1 saturated heterocycles. The van der Waals surface area contributed by atoms with Crippen LogP contribution < -0.4 is 5.32 Å². The van der Waals surface area contributed by atoms with Gasteiger partial charge in [0.15, 0.2) is 0 Å². The van der Waals surface area contributed by atoms with E-state index in [0.29, 0.717) is 19.4 Å². The van der Waals surface area contributed by atoms with Gasteiger partial charge in [0, 0.05) is 6.54 Å². The molecule has 146 valence electrons. The average molecular weight is 375 g/mol. The number of nitrogens with zero attached hydrogens (tertiary/aromatic N) is 2. The maximum Gasteiger partial charge on any atom is 0.475 e. The van der Waals surface area contributed by atoms with E-state index in [0.717, 1.165) is 37.7 Å². The number of ether oxygens (including phenoxy) is 1. The zero-order chi connectivity index (χ0) is 19.8. The number of carbonyl (C=O) groups excluding carboxylic acids is 2. The number of hydrogen-bond donors (Lipinski definition) is 3. The summed E-state index contributed by atoms with van der Waals surface area (Å²) in [5.74, 6) is -1.30. The molecule has 8 nitrogen and oxygen atoms in total. The van der Waals surface area contributed by atoms with E-state index in [9.17, 15) is 19.6 Å². The summed E-state index contributed by atoms with van der Waals surface area (Å²) in [5.41, 5.74) is 0.947. The highest BCUT2D eigenvalue weighted by Gasteiger charge is 2.30. The molecule has 1 aliphatic heterocycles. The first-order valence-electron chi connectivity index (χ1n) is 9.30. The summed E-state index contributed by atoms with van der Waals surface area (Å²) in [5, 5.41) is 30.4. The van der Waals surface area contributed by atoms with Crippen molar-refractivity contribution in [3.05, 3.63) is 23.8 Å². The van der Waals surface area contributed by atoms with Gasteiger partial charge in [-0.15, -0.1) is 0 Å². The average Bonchev–Trinajstić information content (AvgIpc) is 3.04. The molecule has 0 aromatic heterocycles. The first-order chi connectivity index (χ1) is 12.9. The van der Waals surface area contributed by atoms with Gasteiger partial charge in [0.05, 0.1) is 12.5 Å². The Bertz CT molecular complexity index is 643. The lowest BCUT2D eigenvalue weighted by Crippen LogP contribution is -2.48. The number of likely N-dealkylation sites (tertiary alicyclic amines) is 1. The highest BCUT2D eigenvalue weighted by Crippen LogP contribution is 2.22. The minimum atomic E-state index is -1.69. The second kappa shape index (κ2) is 10.1. The van der Waals surface area contributed by atoms with Crippen LogP contribution in [0.25, 0.3) is 0 Å². The van der Waals surface area contributed by atoms with Crippen LogP contribution in [0.1, 0.15) is 44.9 Å². The highest BCUT2D eigenvalue weighted by atomic mass is 16.6. The van der Waals surface area contributed by atoms with Crippen LogP contribution in [0.3, 0.4) is 0 Å². The minimum absolute atomic E-state index is 0.145. The lowest BCUT2D eigenvalue weighted by atomic mass is 9.76. The van der Waals surface area contributed by atoms with E-state index < -0.39 is 31.2 Å². The Labute approximate surface area is 159 Å². The predicted octanol–water partition coefficient (Wildman–Crippen LogP) is 1.05. The van der Waals surface area contributed by atoms with Crippen molar-refractivity contribution in [2.24, 2.45) is 0 Å². The van der Waals surface area contributed by atoms with E-state index in [-0.39, 0.29) is 12.1 Å². The molecule has 2 aliphatic rings. The molecule has 2 rings (SSSR count).